The number of rotatable bonds is 4. The van der Waals surface area contributed by atoms with Gasteiger partial charge in [0.15, 0.2) is 0 Å². The molecule has 0 radical (unpaired) electrons. The Bertz CT molecular complexity index is 1200. The van der Waals surface area contributed by atoms with Gasteiger partial charge in [-0.1, -0.05) is 18.6 Å². The number of likely N-dealkylation sites (tertiary alicyclic amines) is 1. The molecule has 2 heterocycles. The Kier molecular flexibility index (Phi) is 5.43. The molecule has 0 bridgehead atoms. The number of likely N-dealkylation sites (N-methyl/N-ethyl adjacent to an activating group) is 1. The molecule has 0 unspecified atom stereocenters. The molecule has 8 heteroatoms. The van der Waals surface area contributed by atoms with Crippen molar-refractivity contribution >= 4 is 16.9 Å². The lowest BCUT2D eigenvalue weighted by molar-refractivity contribution is -0.137. The molecule has 5 rings (SSSR count). The fraction of sp³-hybridized carbons (Fsp3) is 0.440. The van der Waals surface area contributed by atoms with Crippen molar-refractivity contribution in [3.8, 4) is 5.69 Å². The largest absolute Gasteiger partial charge is 0.418 e. The van der Waals surface area contributed by atoms with Crippen LogP contribution >= 0.6 is 0 Å². The van der Waals surface area contributed by atoms with Gasteiger partial charge in [0.05, 0.1) is 22.3 Å². The van der Waals surface area contributed by atoms with Crippen LogP contribution in [-0.4, -0.2) is 57.5 Å². The molecule has 1 saturated heterocycles. The Morgan fingerprint density at radius 3 is 2.58 bits per heavy atom. The minimum atomic E-state index is -4.61. The minimum absolute atomic E-state index is 0.0203. The maximum atomic E-state index is 14.1. The molecule has 1 aromatic heterocycles. The van der Waals surface area contributed by atoms with Gasteiger partial charge in [-0.2, -0.15) is 13.2 Å². The monoisotopic (exact) mass is 456 g/mol. The highest BCUT2D eigenvalue weighted by molar-refractivity contribution is 5.95. The zero-order chi connectivity index (χ0) is 23.3. The van der Waals surface area contributed by atoms with Crippen LogP contribution in [0.5, 0.6) is 0 Å². The Balaban J connectivity index is 1.47. The Hall–Kier alpha value is -2.87. The normalized spacial score (nSPS) is 19.7. The van der Waals surface area contributed by atoms with E-state index in [4.69, 9.17) is 0 Å². The Labute approximate surface area is 190 Å². The highest BCUT2D eigenvalue weighted by Gasteiger charge is 2.37. The van der Waals surface area contributed by atoms with Crippen molar-refractivity contribution in [1.82, 2.24) is 19.4 Å². The number of carbonyl (C=O) groups is 1. The molecule has 5 nitrogen and oxygen atoms in total. The van der Waals surface area contributed by atoms with Crippen LogP contribution < -0.4 is 0 Å². The summed E-state index contributed by atoms with van der Waals surface area (Å²) in [7, 11) is 1.70. The van der Waals surface area contributed by atoms with E-state index in [1.54, 1.807) is 43.1 Å². The number of carbonyl (C=O) groups excluding carboxylic acids is 1. The van der Waals surface area contributed by atoms with Crippen LogP contribution in [0.1, 0.15) is 47.4 Å². The van der Waals surface area contributed by atoms with Crippen molar-refractivity contribution in [1.29, 1.82) is 0 Å². The summed E-state index contributed by atoms with van der Waals surface area (Å²) in [6, 6.07) is 11.6. The number of para-hydroxylation sites is 2. The summed E-state index contributed by atoms with van der Waals surface area (Å²) in [5.41, 5.74) is 0.414. The first-order valence-corrected chi connectivity index (χ1v) is 11.4. The van der Waals surface area contributed by atoms with E-state index in [9.17, 15) is 18.0 Å². The second-order valence-electron chi connectivity index (χ2n) is 9.15. The molecule has 1 aliphatic carbocycles. The average molecular weight is 457 g/mol. The number of alkyl halides is 3. The third-order valence-corrected chi connectivity index (χ3v) is 7.17. The van der Waals surface area contributed by atoms with Crippen molar-refractivity contribution in [2.75, 3.05) is 20.1 Å². The van der Waals surface area contributed by atoms with Gasteiger partial charge in [-0.05, 0) is 56.5 Å². The molecule has 1 aliphatic heterocycles. The van der Waals surface area contributed by atoms with Crippen LogP contribution in [0.2, 0.25) is 0 Å². The van der Waals surface area contributed by atoms with Crippen molar-refractivity contribution in [2.24, 2.45) is 0 Å². The minimum Gasteiger partial charge on any atom is -0.337 e. The van der Waals surface area contributed by atoms with Crippen molar-refractivity contribution in [2.45, 2.75) is 50.9 Å². The van der Waals surface area contributed by atoms with Crippen LogP contribution in [0.4, 0.5) is 13.2 Å². The van der Waals surface area contributed by atoms with Crippen LogP contribution in [0.25, 0.3) is 16.7 Å². The number of hydrogen-bond donors (Lipinski definition) is 0. The smallest absolute Gasteiger partial charge is 0.337 e. The zero-order valence-corrected chi connectivity index (χ0v) is 18.8. The summed E-state index contributed by atoms with van der Waals surface area (Å²) in [5.74, 6) is 0.0830. The van der Waals surface area contributed by atoms with Gasteiger partial charge in [-0.25, -0.2) is 4.98 Å². The lowest BCUT2D eigenvalue weighted by atomic mass is 9.92. The van der Waals surface area contributed by atoms with E-state index in [2.05, 4.69) is 9.88 Å². The summed E-state index contributed by atoms with van der Waals surface area (Å²) in [6.07, 6.45) is -0.120. The second kappa shape index (κ2) is 8.17. The van der Waals surface area contributed by atoms with Crippen LogP contribution in [0, 0.1) is 6.92 Å². The molecule has 0 N–H and O–H groups in total. The van der Waals surface area contributed by atoms with E-state index >= 15 is 0 Å². The number of fused-ring (bicyclic) bond motifs is 1. The van der Waals surface area contributed by atoms with E-state index in [-0.39, 0.29) is 23.2 Å². The molecule has 1 amide bonds. The highest BCUT2D eigenvalue weighted by Crippen LogP contribution is 2.37. The standard InChI is InChI=1S/C25H27F3N4O/c1-16-29-21-8-3-4-9-23(21)32(16)22-11-10-17(14-20(22)25(26,27)28)24(33)30(2)19-12-13-31(15-19)18-6-5-7-18/h3-4,8-11,14,18-19H,5-7,12-13,15H2,1-2H3/t19-/m1/s1. The van der Waals surface area contributed by atoms with Gasteiger partial charge in [-0.15, -0.1) is 0 Å². The zero-order valence-electron chi connectivity index (χ0n) is 18.8. The third kappa shape index (κ3) is 3.90. The van der Waals surface area contributed by atoms with Gasteiger partial charge in [-0.3, -0.25) is 14.3 Å². The molecule has 0 spiro atoms. The van der Waals surface area contributed by atoms with E-state index in [1.165, 1.54) is 36.0 Å². The first-order chi connectivity index (χ1) is 15.7. The van der Waals surface area contributed by atoms with E-state index in [0.29, 0.717) is 22.9 Å². The lowest BCUT2D eigenvalue weighted by Gasteiger charge is -2.35. The number of halogens is 3. The van der Waals surface area contributed by atoms with Crippen molar-refractivity contribution in [3.05, 3.63) is 59.4 Å². The molecular weight excluding hydrogens is 429 g/mol. The molecule has 2 fully saturated rings. The summed E-state index contributed by atoms with van der Waals surface area (Å²) in [6.45, 7) is 3.41. The molecule has 1 saturated carbocycles. The van der Waals surface area contributed by atoms with Crippen LogP contribution in [0.3, 0.4) is 0 Å². The van der Waals surface area contributed by atoms with Gasteiger partial charge in [0.2, 0.25) is 0 Å². The number of aryl methyl sites for hydroxylation is 1. The predicted octanol–water partition coefficient (Wildman–Crippen LogP) is 5.05. The maximum Gasteiger partial charge on any atom is 0.418 e. The van der Waals surface area contributed by atoms with Gasteiger partial charge in [0, 0.05) is 37.8 Å². The Morgan fingerprint density at radius 2 is 1.88 bits per heavy atom. The topological polar surface area (TPSA) is 41.4 Å². The van der Waals surface area contributed by atoms with Gasteiger partial charge in [0.1, 0.15) is 5.82 Å². The number of imidazole rings is 1. The summed E-state index contributed by atoms with van der Waals surface area (Å²) in [4.78, 5) is 21.6. The number of amides is 1. The lowest BCUT2D eigenvalue weighted by Crippen LogP contribution is -2.43. The maximum absolute atomic E-state index is 14.1. The average Bonchev–Trinajstić information content (AvgIpc) is 3.34. The highest BCUT2D eigenvalue weighted by atomic mass is 19.4. The molecule has 1 atom stereocenters. The predicted molar refractivity (Wildman–Crippen MR) is 121 cm³/mol. The number of aromatic nitrogens is 2. The van der Waals surface area contributed by atoms with Gasteiger partial charge >= 0.3 is 6.18 Å². The molecule has 33 heavy (non-hydrogen) atoms. The second-order valence-corrected chi connectivity index (χ2v) is 9.15. The fourth-order valence-corrected chi connectivity index (χ4v) is 5.08. The molecule has 2 aliphatic rings. The molecule has 2 aromatic carbocycles. The Morgan fingerprint density at radius 1 is 1.12 bits per heavy atom. The molecule has 174 valence electrons. The van der Waals surface area contributed by atoms with E-state index < -0.39 is 11.7 Å². The third-order valence-electron chi connectivity index (χ3n) is 7.17. The summed E-state index contributed by atoms with van der Waals surface area (Å²) < 4.78 is 43.9. The van der Waals surface area contributed by atoms with Gasteiger partial charge in [0.25, 0.3) is 5.91 Å². The number of nitrogens with zero attached hydrogens (tertiary/aromatic N) is 4. The quantitative estimate of drug-likeness (QED) is 0.552. The number of benzene rings is 2. The van der Waals surface area contributed by atoms with Crippen LogP contribution in [0.15, 0.2) is 42.5 Å². The van der Waals surface area contributed by atoms with E-state index in [0.717, 1.165) is 25.6 Å². The first kappa shape index (κ1) is 21.9. The summed E-state index contributed by atoms with van der Waals surface area (Å²) >= 11 is 0. The summed E-state index contributed by atoms with van der Waals surface area (Å²) in [5, 5.41) is 0. The molecular formula is C25H27F3N4O. The number of hydrogen-bond acceptors (Lipinski definition) is 3. The fourth-order valence-electron chi connectivity index (χ4n) is 5.08. The van der Waals surface area contributed by atoms with Crippen molar-refractivity contribution in [3.63, 3.8) is 0 Å². The van der Waals surface area contributed by atoms with Crippen molar-refractivity contribution < 1.29 is 18.0 Å². The van der Waals surface area contributed by atoms with Crippen LogP contribution in [-0.2, 0) is 6.18 Å². The van der Waals surface area contributed by atoms with E-state index in [1.807, 2.05) is 0 Å². The molecule has 3 aromatic rings. The SMILES string of the molecule is Cc1nc2ccccc2n1-c1ccc(C(=O)N(C)[C@@H]2CCN(C3CCC3)C2)cc1C(F)(F)F. The van der Waals surface area contributed by atoms with Gasteiger partial charge < -0.3 is 4.90 Å². The first-order valence-electron chi connectivity index (χ1n) is 11.4.